The standard InChI is InChI=1S/C28H34N2O4/c1-18-8-5-13-26(32)30-22(14-19(2)28(30)21-10-7-12-24(16-21)34-4)17-25(31)29-27(18)20-9-6-11-23(15-20)33-3/h5-7,9-13,15-16,18-19,22,27-28H,8,14,17H2,1-4H3,(H,29,31)/t18-,19+,22-,27-,28-/m0/s1. The van der Waals surface area contributed by atoms with E-state index in [2.05, 4.69) is 19.2 Å². The zero-order valence-electron chi connectivity index (χ0n) is 20.4. The van der Waals surface area contributed by atoms with E-state index in [1.807, 2.05) is 59.5 Å². The normalized spacial score (nSPS) is 27.5. The lowest BCUT2D eigenvalue weighted by Gasteiger charge is -2.31. The van der Waals surface area contributed by atoms with E-state index < -0.39 is 0 Å². The fourth-order valence-electron chi connectivity index (χ4n) is 5.43. The second-order valence-corrected chi connectivity index (χ2v) is 9.48. The number of nitrogens with one attached hydrogen (secondary N) is 1. The molecular formula is C28H34N2O4. The molecule has 180 valence electrons. The van der Waals surface area contributed by atoms with Crippen LogP contribution in [-0.2, 0) is 9.59 Å². The maximum Gasteiger partial charge on any atom is 0.247 e. The van der Waals surface area contributed by atoms with Gasteiger partial charge in [0.1, 0.15) is 11.5 Å². The van der Waals surface area contributed by atoms with Crippen LogP contribution >= 0.6 is 0 Å². The van der Waals surface area contributed by atoms with Crippen molar-refractivity contribution >= 4 is 11.8 Å². The molecule has 6 nitrogen and oxygen atoms in total. The zero-order chi connectivity index (χ0) is 24.2. The molecule has 0 unspecified atom stereocenters. The first-order valence-electron chi connectivity index (χ1n) is 12.0. The lowest BCUT2D eigenvalue weighted by Crippen LogP contribution is -2.40. The van der Waals surface area contributed by atoms with Crippen molar-refractivity contribution < 1.29 is 19.1 Å². The second kappa shape index (κ2) is 10.3. The Hall–Kier alpha value is -3.28. The molecule has 0 saturated carbocycles. The van der Waals surface area contributed by atoms with Gasteiger partial charge in [0, 0.05) is 12.5 Å². The lowest BCUT2D eigenvalue weighted by atomic mass is 9.91. The van der Waals surface area contributed by atoms with Gasteiger partial charge >= 0.3 is 0 Å². The minimum absolute atomic E-state index is 0.0390. The summed E-state index contributed by atoms with van der Waals surface area (Å²) in [6.07, 6.45) is 5.35. The second-order valence-electron chi connectivity index (χ2n) is 9.48. The van der Waals surface area contributed by atoms with Crippen molar-refractivity contribution in [3.8, 4) is 11.5 Å². The summed E-state index contributed by atoms with van der Waals surface area (Å²) in [5.74, 6) is 1.78. The molecule has 1 fully saturated rings. The molecule has 4 rings (SSSR count). The van der Waals surface area contributed by atoms with Gasteiger partial charge in [-0.1, -0.05) is 44.2 Å². The Morgan fingerprint density at radius 1 is 0.912 bits per heavy atom. The molecule has 34 heavy (non-hydrogen) atoms. The van der Waals surface area contributed by atoms with Crippen LogP contribution in [0.3, 0.4) is 0 Å². The molecule has 1 saturated heterocycles. The van der Waals surface area contributed by atoms with Crippen LogP contribution in [0.4, 0.5) is 0 Å². The summed E-state index contributed by atoms with van der Waals surface area (Å²) in [6, 6.07) is 15.3. The van der Waals surface area contributed by atoms with E-state index in [-0.39, 0.29) is 48.2 Å². The van der Waals surface area contributed by atoms with Gasteiger partial charge < -0.3 is 19.7 Å². The number of nitrogens with zero attached hydrogens (tertiary/aromatic N) is 1. The number of ether oxygens (including phenoxy) is 2. The third-order valence-electron chi connectivity index (χ3n) is 7.09. The number of hydrogen-bond acceptors (Lipinski definition) is 4. The summed E-state index contributed by atoms with van der Waals surface area (Å²) in [5, 5.41) is 3.26. The number of benzene rings is 2. The molecule has 0 radical (unpaired) electrons. The summed E-state index contributed by atoms with van der Waals surface area (Å²) >= 11 is 0. The molecule has 1 N–H and O–H groups in total. The number of methoxy groups -OCH3 is 2. The van der Waals surface area contributed by atoms with Gasteiger partial charge in [-0.2, -0.15) is 0 Å². The maximum absolute atomic E-state index is 13.4. The number of allylic oxidation sites excluding steroid dienone is 1. The summed E-state index contributed by atoms with van der Waals surface area (Å²) in [7, 11) is 3.28. The quantitative estimate of drug-likeness (QED) is 0.707. The molecule has 0 aliphatic carbocycles. The molecule has 2 heterocycles. The van der Waals surface area contributed by atoms with Crippen molar-refractivity contribution in [2.24, 2.45) is 11.8 Å². The Bertz CT molecular complexity index is 1070. The van der Waals surface area contributed by atoms with Crippen molar-refractivity contribution in [3.05, 3.63) is 71.8 Å². The van der Waals surface area contributed by atoms with Gasteiger partial charge in [0.2, 0.25) is 11.8 Å². The van der Waals surface area contributed by atoms with Crippen molar-refractivity contribution in [1.29, 1.82) is 0 Å². The van der Waals surface area contributed by atoms with Crippen molar-refractivity contribution in [2.75, 3.05) is 14.2 Å². The van der Waals surface area contributed by atoms with Crippen LogP contribution in [0.15, 0.2) is 60.7 Å². The van der Waals surface area contributed by atoms with Crippen LogP contribution in [0, 0.1) is 11.8 Å². The van der Waals surface area contributed by atoms with Crippen LogP contribution in [0.25, 0.3) is 0 Å². The molecule has 2 aliphatic rings. The Balaban J connectivity index is 1.64. The molecule has 0 spiro atoms. The third kappa shape index (κ3) is 4.96. The van der Waals surface area contributed by atoms with Crippen LogP contribution in [0.5, 0.6) is 11.5 Å². The van der Waals surface area contributed by atoms with E-state index in [4.69, 9.17) is 9.47 Å². The summed E-state index contributed by atoms with van der Waals surface area (Å²) in [5.41, 5.74) is 2.04. The van der Waals surface area contributed by atoms with E-state index in [1.54, 1.807) is 20.3 Å². The van der Waals surface area contributed by atoms with Crippen LogP contribution in [-0.4, -0.2) is 37.0 Å². The topological polar surface area (TPSA) is 67.9 Å². The molecule has 2 aliphatic heterocycles. The Labute approximate surface area is 201 Å². The van der Waals surface area contributed by atoms with E-state index in [9.17, 15) is 9.59 Å². The molecule has 2 amide bonds. The van der Waals surface area contributed by atoms with E-state index in [0.29, 0.717) is 6.42 Å². The van der Waals surface area contributed by atoms with Gasteiger partial charge in [0.25, 0.3) is 0 Å². The molecule has 5 atom stereocenters. The van der Waals surface area contributed by atoms with Gasteiger partial charge in [-0.25, -0.2) is 0 Å². The predicted molar refractivity (Wildman–Crippen MR) is 132 cm³/mol. The highest BCUT2D eigenvalue weighted by Gasteiger charge is 2.43. The van der Waals surface area contributed by atoms with Crippen molar-refractivity contribution in [2.45, 2.75) is 51.2 Å². The highest BCUT2D eigenvalue weighted by molar-refractivity contribution is 5.89. The predicted octanol–water partition coefficient (Wildman–Crippen LogP) is 4.83. The number of carbonyl (C=O) groups is 2. The van der Waals surface area contributed by atoms with Gasteiger partial charge in [-0.3, -0.25) is 9.59 Å². The number of carbonyl (C=O) groups excluding carboxylic acids is 2. The summed E-state index contributed by atoms with van der Waals surface area (Å²) in [6.45, 7) is 4.25. The summed E-state index contributed by atoms with van der Waals surface area (Å²) < 4.78 is 10.8. The smallest absolute Gasteiger partial charge is 0.247 e. The van der Waals surface area contributed by atoms with Crippen LogP contribution < -0.4 is 14.8 Å². The maximum atomic E-state index is 13.4. The van der Waals surface area contributed by atoms with Gasteiger partial charge in [0.05, 0.1) is 26.3 Å². The lowest BCUT2D eigenvalue weighted by molar-refractivity contribution is -0.131. The molecule has 2 aromatic carbocycles. The highest BCUT2D eigenvalue weighted by atomic mass is 16.5. The molecule has 0 aromatic heterocycles. The average Bonchev–Trinajstić information content (AvgIpc) is 3.16. The van der Waals surface area contributed by atoms with E-state index in [1.165, 1.54) is 0 Å². The summed E-state index contributed by atoms with van der Waals surface area (Å²) in [4.78, 5) is 28.6. The third-order valence-corrected chi connectivity index (χ3v) is 7.09. The first-order valence-corrected chi connectivity index (χ1v) is 12.0. The van der Waals surface area contributed by atoms with Crippen LogP contribution in [0.2, 0.25) is 0 Å². The first kappa shape index (κ1) is 23.9. The van der Waals surface area contributed by atoms with Gasteiger partial charge in [-0.15, -0.1) is 0 Å². The van der Waals surface area contributed by atoms with Crippen molar-refractivity contribution in [1.82, 2.24) is 10.2 Å². The molecule has 6 heteroatoms. The molecular weight excluding hydrogens is 428 g/mol. The number of rotatable bonds is 4. The highest BCUT2D eigenvalue weighted by Crippen LogP contribution is 2.43. The number of amides is 2. The SMILES string of the molecule is COc1cccc([C@H]2NC(=O)C[C@@H]3C[C@@H](C)[C@@H](c4cccc(OC)c4)N3C(=O)C=CC[C@@H]2C)c1. The molecule has 0 bridgehead atoms. The van der Waals surface area contributed by atoms with E-state index in [0.717, 1.165) is 29.0 Å². The number of hydrogen-bond donors (Lipinski definition) is 1. The average molecular weight is 463 g/mol. The Morgan fingerprint density at radius 2 is 1.56 bits per heavy atom. The molecule has 2 aromatic rings. The van der Waals surface area contributed by atoms with Gasteiger partial charge in [-0.05, 0) is 66.1 Å². The number of fused-ring (bicyclic) bond motifs is 1. The fraction of sp³-hybridized carbons (Fsp3) is 0.429. The zero-order valence-corrected chi connectivity index (χ0v) is 20.4. The fourth-order valence-corrected chi connectivity index (χ4v) is 5.43. The minimum atomic E-state index is -0.165. The van der Waals surface area contributed by atoms with Crippen LogP contribution in [0.1, 0.15) is 56.3 Å². The largest absolute Gasteiger partial charge is 0.497 e. The van der Waals surface area contributed by atoms with E-state index >= 15 is 0 Å². The monoisotopic (exact) mass is 462 g/mol. The van der Waals surface area contributed by atoms with Crippen molar-refractivity contribution in [3.63, 3.8) is 0 Å². The Morgan fingerprint density at radius 3 is 2.24 bits per heavy atom. The van der Waals surface area contributed by atoms with Gasteiger partial charge in [0.15, 0.2) is 0 Å². The first-order chi connectivity index (χ1) is 16.4. The Kier molecular flexibility index (Phi) is 7.25. The minimum Gasteiger partial charge on any atom is -0.497 e.